The highest BCUT2D eigenvalue weighted by molar-refractivity contribution is 6.32. The van der Waals surface area contributed by atoms with Crippen LogP contribution in [0.4, 0.5) is 0 Å². The average molecular weight is 252 g/mol. The fourth-order valence-electron chi connectivity index (χ4n) is 1.68. The van der Waals surface area contributed by atoms with Crippen LogP contribution in [0.5, 0.6) is 5.75 Å². The molecule has 0 aromatic heterocycles. The number of benzene rings is 2. The number of ketones is 1. The van der Waals surface area contributed by atoms with E-state index in [4.69, 9.17) is 4.74 Å². The van der Waals surface area contributed by atoms with Gasteiger partial charge in [0.05, 0.1) is 5.56 Å². The van der Waals surface area contributed by atoms with E-state index in [0.717, 1.165) is 5.46 Å². The molecule has 0 aliphatic heterocycles. The number of ether oxygens (including phenoxy) is 1. The Morgan fingerprint density at radius 3 is 2.47 bits per heavy atom. The molecule has 0 N–H and O–H groups in total. The van der Waals surface area contributed by atoms with E-state index in [0.29, 0.717) is 23.2 Å². The third kappa shape index (κ3) is 3.31. The quantitative estimate of drug-likeness (QED) is 0.453. The largest absolute Gasteiger partial charge is 0.485 e. The first kappa shape index (κ1) is 13.1. The zero-order chi connectivity index (χ0) is 13.7. The van der Waals surface area contributed by atoms with E-state index in [1.54, 1.807) is 36.4 Å². The van der Waals surface area contributed by atoms with E-state index in [9.17, 15) is 9.59 Å². The molecule has 2 aromatic carbocycles. The summed E-state index contributed by atoms with van der Waals surface area (Å²) >= 11 is 0. The van der Waals surface area contributed by atoms with E-state index >= 15 is 0 Å². The van der Waals surface area contributed by atoms with Crippen molar-refractivity contribution in [1.29, 1.82) is 0 Å². The topological polar surface area (TPSA) is 43.4 Å². The Balaban J connectivity index is 2.04. The summed E-state index contributed by atoms with van der Waals surface area (Å²) in [4.78, 5) is 22.7. The molecule has 0 spiro atoms. The minimum atomic E-state index is -0.110. The van der Waals surface area contributed by atoms with E-state index < -0.39 is 0 Å². The van der Waals surface area contributed by atoms with E-state index in [2.05, 4.69) is 0 Å². The van der Waals surface area contributed by atoms with Crippen LogP contribution in [-0.2, 0) is 0 Å². The summed E-state index contributed by atoms with van der Waals surface area (Å²) in [7, 11) is 1.96. The molecule has 4 heteroatoms. The fraction of sp³-hybridized carbons (Fsp3) is 0.0667. The first-order valence-electron chi connectivity index (χ1n) is 5.97. The van der Waals surface area contributed by atoms with Crippen molar-refractivity contribution in [2.45, 2.75) is 0 Å². The van der Waals surface area contributed by atoms with Crippen molar-refractivity contribution >= 4 is 25.4 Å². The molecule has 3 nitrogen and oxygen atoms in total. The van der Waals surface area contributed by atoms with Crippen molar-refractivity contribution in [3.05, 3.63) is 59.7 Å². The Labute approximate surface area is 112 Å². The molecule has 2 aromatic rings. The zero-order valence-corrected chi connectivity index (χ0v) is 10.6. The number of Topliss-reactive ketones (excluding diaryl/α,β-unsaturated/α-hetero) is 1. The normalized spacial score (nSPS) is 9.89. The van der Waals surface area contributed by atoms with Crippen molar-refractivity contribution in [3.63, 3.8) is 0 Å². The molecule has 0 heterocycles. The maximum atomic E-state index is 11.9. The average Bonchev–Trinajstić information content (AvgIpc) is 2.45. The van der Waals surface area contributed by atoms with Gasteiger partial charge < -0.3 is 4.74 Å². The molecule has 2 rings (SSSR count). The number of rotatable bonds is 5. The molecule has 0 radical (unpaired) electrons. The van der Waals surface area contributed by atoms with Gasteiger partial charge in [0.25, 0.3) is 0 Å². The summed E-state index contributed by atoms with van der Waals surface area (Å²) in [6, 6.07) is 14.1. The lowest BCUT2D eigenvalue weighted by atomic mass is 9.95. The van der Waals surface area contributed by atoms with Crippen LogP contribution in [-0.4, -0.2) is 26.5 Å². The fourth-order valence-corrected chi connectivity index (χ4v) is 1.68. The first-order valence-corrected chi connectivity index (χ1v) is 5.97. The van der Waals surface area contributed by atoms with Crippen LogP contribution >= 0.6 is 0 Å². The Morgan fingerprint density at radius 1 is 1.11 bits per heavy atom. The lowest BCUT2D eigenvalue weighted by Crippen LogP contribution is -2.13. The maximum Gasteiger partial charge on any atom is 0.200 e. The predicted octanol–water partition coefficient (Wildman–Crippen LogP) is 1.02. The minimum absolute atomic E-state index is 0.0755. The lowest BCUT2D eigenvalue weighted by molar-refractivity contribution is 0.0918. The zero-order valence-electron chi connectivity index (χ0n) is 10.6. The standard InChI is InChI=1S/C15H13BO3/c16-13-7-5-11(6-8-13)14(18)10-19-15-4-2-1-3-12(15)9-17/h1-9H,10,16H2. The second kappa shape index (κ2) is 6.00. The molecule has 0 amide bonds. The van der Waals surface area contributed by atoms with Gasteiger partial charge in [0.1, 0.15) is 13.6 Å². The minimum Gasteiger partial charge on any atom is -0.485 e. The SMILES string of the molecule is Bc1ccc(C(=O)COc2ccccc2C=O)cc1. The monoisotopic (exact) mass is 252 g/mol. The number of aldehydes is 1. The van der Waals surface area contributed by atoms with Crippen LogP contribution in [0.2, 0.25) is 0 Å². The maximum absolute atomic E-state index is 11.9. The molecule has 0 fully saturated rings. The Bertz CT molecular complexity index is 591. The molecule has 0 bridgehead atoms. The highest BCUT2D eigenvalue weighted by Crippen LogP contribution is 2.15. The molecule has 19 heavy (non-hydrogen) atoms. The highest BCUT2D eigenvalue weighted by atomic mass is 16.5. The van der Waals surface area contributed by atoms with Gasteiger partial charge in [-0.2, -0.15) is 0 Å². The molecule has 0 atom stereocenters. The van der Waals surface area contributed by atoms with Gasteiger partial charge in [-0.3, -0.25) is 9.59 Å². The smallest absolute Gasteiger partial charge is 0.200 e. The van der Waals surface area contributed by atoms with Gasteiger partial charge >= 0.3 is 0 Å². The predicted molar refractivity (Wildman–Crippen MR) is 76.3 cm³/mol. The van der Waals surface area contributed by atoms with Crippen LogP contribution in [0.3, 0.4) is 0 Å². The molecular formula is C15H13BO3. The van der Waals surface area contributed by atoms with Crippen molar-refractivity contribution in [2.75, 3.05) is 6.61 Å². The van der Waals surface area contributed by atoms with Crippen molar-refractivity contribution in [1.82, 2.24) is 0 Å². The van der Waals surface area contributed by atoms with Crippen molar-refractivity contribution in [2.24, 2.45) is 0 Å². The summed E-state index contributed by atoms with van der Waals surface area (Å²) < 4.78 is 5.39. The Kier molecular flexibility index (Phi) is 4.13. The van der Waals surface area contributed by atoms with Gasteiger partial charge in [-0.1, -0.05) is 41.9 Å². The van der Waals surface area contributed by atoms with Gasteiger partial charge in [0.15, 0.2) is 18.7 Å². The van der Waals surface area contributed by atoms with Gasteiger partial charge in [0, 0.05) is 5.56 Å². The Hall–Kier alpha value is -2.36. The van der Waals surface area contributed by atoms with Crippen LogP contribution < -0.4 is 10.2 Å². The molecule has 0 saturated carbocycles. The third-order valence-electron chi connectivity index (χ3n) is 2.78. The van der Waals surface area contributed by atoms with Crippen LogP contribution in [0.25, 0.3) is 0 Å². The molecule has 94 valence electrons. The Morgan fingerprint density at radius 2 is 1.79 bits per heavy atom. The van der Waals surface area contributed by atoms with Crippen LogP contribution in [0.1, 0.15) is 20.7 Å². The number of carbonyl (C=O) groups excluding carboxylic acids is 2. The molecule has 0 saturated heterocycles. The number of hydrogen-bond acceptors (Lipinski definition) is 3. The van der Waals surface area contributed by atoms with Gasteiger partial charge in [-0.25, -0.2) is 0 Å². The molecular weight excluding hydrogens is 239 g/mol. The second-order valence-electron chi connectivity index (χ2n) is 4.23. The van der Waals surface area contributed by atoms with E-state index in [1.807, 2.05) is 20.0 Å². The second-order valence-corrected chi connectivity index (χ2v) is 4.23. The summed E-state index contributed by atoms with van der Waals surface area (Å²) in [6.45, 7) is -0.0755. The van der Waals surface area contributed by atoms with E-state index in [1.165, 1.54) is 0 Å². The first-order chi connectivity index (χ1) is 9.20. The van der Waals surface area contributed by atoms with Crippen molar-refractivity contribution < 1.29 is 14.3 Å². The number of para-hydroxylation sites is 1. The van der Waals surface area contributed by atoms with E-state index in [-0.39, 0.29) is 12.4 Å². The number of hydrogen-bond donors (Lipinski definition) is 0. The molecule has 0 aliphatic carbocycles. The summed E-state index contributed by atoms with van der Waals surface area (Å²) in [5.74, 6) is 0.318. The summed E-state index contributed by atoms with van der Waals surface area (Å²) in [5.41, 5.74) is 2.15. The van der Waals surface area contributed by atoms with Gasteiger partial charge in [0.2, 0.25) is 0 Å². The number of carbonyl (C=O) groups is 2. The summed E-state index contributed by atoms with van der Waals surface area (Å²) in [6.07, 6.45) is 0.714. The van der Waals surface area contributed by atoms with Crippen molar-refractivity contribution in [3.8, 4) is 5.75 Å². The molecule has 0 aliphatic rings. The highest BCUT2D eigenvalue weighted by Gasteiger charge is 2.08. The van der Waals surface area contributed by atoms with Gasteiger partial charge in [-0.15, -0.1) is 0 Å². The van der Waals surface area contributed by atoms with Crippen LogP contribution in [0.15, 0.2) is 48.5 Å². The third-order valence-corrected chi connectivity index (χ3v) is 2.78. The summed E-state index contributed by atoms with van der Waals surface area (Å²) in [5, 5.41) is 0. The lowest BCUT2D eigenvalue weighted by Gasteiger charge is -2.07. The van der Waals surface area contributed by atoms with Crippen LogP contribution in [0, 0.1) is 0 Å². The molecule has 0 unspecified atom stereocenters. The van der Waals surface area contributed by atoms with Gasteiger partial charge in [-0.05, 0) is 12.1 Å².